The third-order valence-corrected chi connectivity index (χ3v) is 5.78. The van der Waals surface area contributed by atoms with Gasteiger partial charge in [0.15, 0.2) is 0 Å². The number of likely N-dealkylation sites (N-methyl/N-ethyl adjacent to an activating group) is 1. The first kappa shape index (κ1) is 19.0. The normalized spacial score (nSPS) is 25.7. The van der Waals surface area contributed by atoms with E-state index in [1.54, 1.807) is 12.1 Å². The Bertz CT molecular complexity index is 626. The lowest BCUT2D eigenvalue weighted by atomic mass is 9.86. The maximum absolute atomic E-state index is 12.3. The molecule has 0 aromatic heterocycles. The average molecular weight is 367 g/mol. The number of amides is 1. The first-order valence-corrected chi connectivity index (χ1v) is 9.09. The molecule has 1 aromatic carbocycles. The van der Waals surface area contributed by atoms with Crippen molar-refractivity contribution in [3.05, 3.63) is 29.8 Å². The highest BCUT2D eigenvalue weighted by atomic mass is 19.3. The van der Waals surface area contributed by atoms with Crippen molar-refractivity contribution in [1.29, 1.82) is 0 Å². The molecule has 1 unspecified atom stereocenters. The SMILES string of the molecule is CN1CCC2(CCC1=O)CN(Cc1ccc(OC(F)F)cc1)CCN2C. The Labute approximate surface area is 153 Å². The van der Waals surface area contributed by atoms with Gasteiger partial charge in [-0.15, -0.1) is 0 Å². The van der Waals surface area contributed by atoms with E-state index in [9.17, 15) is 13.6 Å². The van der Waals surface area contributed by atoms with Gasteiger partial charge < -0.3 is 9.64 Å². The Morgan fingerprint density at radius 3 is 2.54 bits per heavy atom. The van der Waals surface area contributed by atoms with Gasteiger partial charge in [0.2, 0.25) is 5.91 Å². The molecule has 0 radical (unpaired) electrons. The molecule has 1 amide bonds. The fourth-order valence-corrected chi connectivity index (χ4v) is 4.01. The summed E-state index contributed by atoms with van der Waals surface area (Å²) in [6, 6.07) is 6.86. The van der Waals surface area contributed by atoms with E-state index in [1.807, 2.05) is 24.1 Å². The number of hydrogen-bond donors (Lipinski definition) is 0. The van der Waals surface area contributed by atoms with Crippen molar-refractivity contribution in [2.24, 2.45) is 0 Å². The summed E-state index contributed by atoms with van der Waals surface area (Å²) in [5.74, 6) is 0.408. The minimum Gasteiger partial charge on any atom is -0.435 e. The molecule has 1 atom stereocenters. The number of alkyl halides is 2. The van der Waals surface area contributed by atoms with Crippen LogP contribution in [0.15, 0.2) is 24.3 Å². The topological polar surface area (TPSA) is 36.0 Å². The summed E-state index contributed by atoms with van der Waals surface area (Å²) in [5.41, 5.74) is 1.10. The van der Waals surface area contributed by atoms with E-state index in [0.29, 0.717) is 6.42 Å². The Balaban J connectivity index is 1.65. The molecule has 7 heteroatoms. The molecule has 1 spiro atoms. The summed E-state index contributed by atoms with van der Waals surface area (Å²) >= 11 is 0. The lowest BCUT2D eigenvalue weighted by Crippen LogP contribution is -2.60. The fraction of sp³-hybridized carbons (Fsp3) is 0.632. The van der Waals surface area contributed by atoms with Crippen molar-refractivity contribution < 1.29 is 18.3 Å². The van der Waals surface area contributed by atoms with E-state index in [2.05, 4.69) is 21.6 Å². The number of piperazine rings is 1. The molecule has 5 nitrogen and oxygen atoms in total. The predicted molar refractivity (Wildman–Crippen MR) is 95.2 cm³/mol. The highest BCUT2D eigenvalue weighted by Crippen LogP contribution is 2.32. The molecule has 0 aliphatic carbocycles. The second kappa shape index (κ2) is 7.88. The van der Waals surface area contributed by atoms with Crippen molar-refractivity contribution in [2.75, 3.05) is 40.3 Å². The maximum atomic E-state index is 12.3. The molecule has 26 heavy (non-hydrogen) atoms. The van der Waals surface area contributed by atoms with Gasteiger partial charge in [0.05, 0.1) is 0 Å². The van der Waals surface area contributed by atoms with Crippen LogP contribution in [-0.2, 0) is 11.3 Å². The molecule has 2 saturated heterocycles. The number of hydrogen-bond acceptors (Lipinski definition) is 4. The van der Waals surface area contributed by atoms with Crippen LogP contribution in [-0.4, -0.2) is 73.0 Å². The van der Waals surface area contributed by atoms with Gasteiger partial charge in [-0.1, -0.05) is 12.1 Å². The zero-order valence-electron chi connectivity index (χ0n) is 15.5. The van der Waals surface area contributed by atoms with E-state index in [4.69, 9.17) is 0 Å². The molecule has 0 bridgehead atoms. The quantitative estimate of drug-likeness (QED) is 0.819. The summed E-state index contributed by atoms with van der Waals surface area (Å²) in [7, 11) is 4.04. The number of benzene rings is 1. The van der Waals surface area contributed by atoms with Crippen LogP contribution in [0.25, 0.3) is 0 Å². The molecule has 1 aromatic rings. The number of carbonyl (C=O) groups is 1. The van der Waals surface area contributed by atoms with Gasteiger partial charge in [0.25, 0.3) is 0 Å². The van der Waals surface area contributed by atoms with Crippen LogP contribution in [0.4, 0.5) is 8.78 Å². The molecular formula is C19H27F2N3O2. The zero-order valence-corrected chi connectivity index (χ0v) is 15.5. The molecule has 2 aliphatic rings. The van der Waals surface area contributed by atoms with Gasteiger partial charge in [-0.3, -0.25) is 14.6 Å². The summed E-state index contributed by atoms with van der Waals surface area (Å²) in [5, 5.41) is 0. The molecule has 144 valence electrons. The summed E-state index contributed by atoms with van der Waals surface area (Å²) in [6.45, 7) is 1.60. The van der Waals surface area contributed by atoms with E-state index < -0.39 is 6.61 Å². The Morgan fingerprint density at radius 2 is 1.85 bits per heavy atom. The molecule has 2 fully saturated rings. The van der Waals surface area contributed by atoms with Crippen LogP contribution in [0.1, 0.15) is 24.8 Å². The second-order valence-electron chi connectivity index (χ2n) is 7.44. The largest absolute Gasteiger partial charge is 0.435 e. The van der Waals surface area contributed by atoms with Gasteiger partial charge in [0.1, 0.15) is 5.75 Å². The highest BCUT2D eigenvalue weighted by Gasteiger charge is 2.41. The zero-order chi connectivity index (χ0) is 18.7. The molecule has 0 N–H and O–H groups in total. The van der Waals surface area contributed by atoms with Crippen molar-refractivity contribution in [3.63, 3.8) is 0 Å². The van der Waals surface area contributed by atoms with Crippen molar-refractivity contribution in [2.45, 2.75) is 38.0 Å². The fourth-order valence-electron chi connectivity index (χ4n) is 4.01. The first-order valence-electron chi connectivity index (χ1n) is 9.09. The van der Waals surface area contributed by atoms with E-state index in [1.165, 1.54) is 0 Å². The summed E-state index contributed by atoms with van der Waals surface area (Å²) < 4.78 is 28.9. The number of ether oxygens (including phenoxy) is 1. The number of carbonyl (C=O) groups excluding carboxylic acids is 1. The molecular weight excluding hydrogens is 340 g/mol. The highest BCUT2D eigenvalue weighted by molar-refractivity contribution is 5.76. The van der Waals surface area contributed by atoms with E-state index >= 15 is 0 Å². The van der Waals surface area contributed by atoms with Crippen LogP contribution in [0, 0.1) is 0 Å². The minimum atomic E-state index is -2.80. The van der Waals surface area contributed by atoms with Gasteiger partial charge in [-0.05, 0) is 37.6 Å². The van der Waals surface area contributed by atoms with E-state index in [0.717, 1.165) is 51.1 Å². The molecule has 2 aliphatic heterocycles. The predicted octanol–water partition coefficient (Wildman–Crippen LogP) is 2.42. The molecule has 3 rings (SSSR count). The Morgan fingerprint density at radius 1 is 1.12 bits per heavy atom. The monoisotopic (exact) mass is 367 g/mol. The van der Waals surface area contributed by atoms with Crippen molar-refractivity contribution in [1.82, 2.24) is 14.7 Å². The molecule has 2 heterocycles. The smallest absolute Gasteiger partial charge is 0.387 e. The third kappa shape index (κ3) is 4.32. The van der Waals surface area contributed by atoms with Crippen LogP contribution in [0.3, 0.4) is 0 Å². The Kier molecular flexibility index (Phi) is 5.77. The standard InChI is InChI=1S/C19H27F2N3O2/c1-22-10-9-19(8-7-17(22)25)14-24(12-11-23(19)2)13-15-3-5-16(6-4-15)26-18(20)21/h3-6,18H,7-14H2,1-2H3. The van der Waals surface area contributed by atoms with Crippen LogP contribution in [0.5, 0.6) is 5.75 Å². The minimum absolute atomic E-state index is 0.0252. The lowest BCUT2D eigenvalue weighted by Gasteiger charge is -2.49. The first-order chi connectivity index (χ1) is 12.4. The number of rotatable bonds is 4. The van der Waals surface area contributed by atoms with Gasteiger partial charge in [0, 0.05) is 51.7 Å². The third-order valence-electron chi connectivity index (χ3n) is 5.78. The number of nitrogens with zero attached hydrogens (tertiary/aromatic N) is 3. The summed E-state index contributed by atoms with van der Waals surface area (Å²) in [6.07, 6.45) is 2.45. The van der Waals surface area contributed by atoms with Crippen LogP contribution in [0.2, 0.25) is 0 Å². The van der Waals surface area contributed by atoms with Crippen LogP contribution < -0.4 is 4.74 Å². The molecule has 0 saturated carbocycles. The maximum Gasteiger partial charge on any atom is 0.387 e. The van der Waals surface area contributed by atoms with E-state index in [-0.39, 0.29) is 17.2 Å². The summed E-state index contributed by atoms with van der Waals surface area (Å²) in [4.78, 5) is 18.7. The van der Waals surface area contributed by atoms with Gasteiger partial charge in [-0.2, -0.15) is 8.78 Å². The van der Waals surface area contributed by atoms with Gasteiger partial charge in [-0.25, -0.2) is 0 Å². The Hall–Kier alpha value is -1.73. The number of halogens is 2. The second-order valence-corrected chi connectivity index (χ2v) is 7.44. The lowest BCUT2D eigenvalue weighted by molar-refractivity contribution is -0.129. The number of likely N-dealkylation sites (tertiary alicyclic amines) is 1. The average Bonchev–Trinajstić information content (AvgIpc) is 2.74. The van der Waals surface area contributed by atoms with Gasteiger partial charge >= 0.3 is 6.61 Å². The van der Waals surface area contributed by atoms with Crippen molar-refractivity contribution in [3.8, 4) is 5.75 Å². The van der Waals surface area contributed by atoms with Crippen molar-refractivity contribution >= 4 is 5.91 Å². The van der Waals surface area contributed by atoms with Crippen LogP contribution >= 0.6 is 0 Å².